The van der Waals surface area contributed by atoms with Crippen LogP contribution in [0.15, 0.2) is 41.3 Å². The molecule has 0 spiro atoms. The van der Waals surface area contributed by atoms with E-state index >= 15 is 0 Å². The molecule has 0 radical (unpaired) electrons. The Hall–Kier alpha value is -1.07. The summed E-state index contributed by atoms with van der Waals surface area (Å²) < 4.78 is 28.2. The number of alkyl halides is 1. The quantitative estimate of drug-likeness (QED) is 0.403. The van der Waals surface area contributed by atoms with Gasteiger partial charge in [0.15, 0.2) is 5.78 Å². The first-order chi connectivity index (χ1) is 10.4. The van der Waals surface area contributed by atoms with Crippen LogP contribution in [0.3, 0.4) is 0 Å². The molecule has 0 heterocycles. The highest BCUT2D eigenvalue weighted by Crippen LogP contribution is 2.27. The average Bonchev–Trinajstić information content (AvgIpc) is 2.53. The number of hydrogen-bond donors (Lipinski definition) is 2. The second-order valence-corrected chi connectivity index (χ2v) is 7.03. The second-order valence-electron chi connectivity index (χ2n) is 4.73. The largest absolute Gasteiger partial charge is 0.321 e. The fourth-order valence-electron chi connectivity index (χ4n) is 2.24. The SMILES string of the molecule is NOS(=O)(=O)c1cccc2c(CC(N)C(=O)CI)cccc12. The summed E-state index contributed by atoms with van der Waals surface area (Å²) in [5.74, 6) is 4.80. The molecule has 22 heavy (non-hydrogen) atoms. The fourth-order valence-corrected chi connectivity index (χ4v) is 3.61. The van der Waals surface area contributed by atoms with E-state index in [0.717, 1.165) is 5.56 Å². The normalized spacial score (nSPS) is 13.2. The topological polar surface area (TPSA) is 112 Å². The van der Waals surface area contributed by atoms with Crippen molar-refractivity contribution in [3.63, 3.8) is 0 Å². The zero-order chi connectivity index (χ0) is 16.3. The molecule has 0 saturated heterocycles. The van der Waals surface area contributed by atoms with Gasteiger partial charge in [-0.2, -0.15) is 18.6 Å². The fraction of sp³-hybridized carbons (Fsp3) is 0.214. The van der Waals surface area contributed by atoms with Gasteiger partial charge in [-0.05, 0) is 23.4 Å². The van der Waals surface area contributed by atoms with Gasteiger partial charge in [0.05, 0.1) is 10.5 Å². The molecule has 2 rings (SSSR count). The summed E-state index contributed by atoms with van der Waals surface area (Å²) in [5, 5.41) is 1.19. The van der Waals surface area contributed by atoms with Crippen LogP contribution in [0.2, 0.25) is 0 Å². The van der Waals surface area contributed by atoms with Crippen LogP contribution in [0.25, 0.3) is 10.8 Å². The minimum absolute atomic E-state index is 0.0110. The molecule has 1 unspecified atom stereocenters. The van der Waals surface area contributed by atoms with E-state index in [4.69, 9.17) is 11.6 Å². The van der Waals surface area contributed by atoms with Gasteiger partial charge in [0.2, 0.25) is 0 Å². The van der Waals surface area contributed by atoms with Crippen molar-refractivity contribution in [2.45, 2.75) is 17.4 Å². The van der Waals surface area contributed by atoms with Crippen molar-refractivity contribution in [2.75, 3.05) is 4.43 Å². The summed E-state index contributed by atoms with van der Waals surface area (Å²) in [7, 11) is -4.01. The molecule has 0 aliphatic carbocycles. The Kier molecular flexibility index (Phi) is 5.50. The molecular formula is C14H15IN2O4S. The summed E-state index contributed by atoms with van der Waals surface area (Å²) in [6, 6.07) is 9.39. The summed E-state index contributed by atoms with van der Waals surface area (Å²) >= 11 is 1.97. The summed E-state index contributed by atoms with van der Waals surface area (Å²) in [6.07, 6.45) is 0.339. The molecule has 6 nitrogen and oxygen atoms in total. The third-order valence-corrected chi connectivity index (χ3v) is 5.25. The van der Waals surface area contributed by atoms with Gasteiger partial charge in [-0.25, -0.2) is 0 Å². The van der Waals surface area contributed by atoms with Crippen LogP contribution in [0, 0.1) is 0 Å². The lowest BCUT2D eigenvalue weighted by Crippen LogP contribution is -2.33. The van der Waals surface area contributed by atoms with E-state index in [1.165, 1.54) is 6.07 Å². The summed E-state index contributed by atoms with van der Waals surface area (Å²) in [6.45, 7) is 0. The van der Waals surface area contributed by atoms with Crippen LogP contribution in [-0.4, -0.2) is 24.7 Å². The lowest BCUT2D eigenvalue weighted by molar-refractivity contribution is -0.117. The molecule has 0 aromatic heterocycles. The van der Waals surface area contributed by atoms with E-state index in [2.05, 4.69) is 4.28 Å². The molecule has 0 amide bonds. The number of carbonyl (C=O) groups excluding carboxylic acids is 1. The molecule has 0 fully saturated rings. The van der Waals surface area contributed by atoms with Gasteiger partial charge in [0.1, 0.15) is 4.90 Å². The van der Waals surface area contributed by atoms with E-state index in [0.29, 0.717) is 21.6 Å². The zero-order valence-electron chi connectivity index (χ0n) is 11.5. The van der Waals surface area contributed by atoms with Crippen molar-refractivity contribution in [3.8, 4) is 0 Å². The van der Waals surface area contributed by atoms with E-state index in [-0.39, 0.29) is 10.7 Å². The molecule has 0 saturated carbocycles. The molecule has 4 N–H and O–H groups in total. The molecule has 118 valence electrons. The first kappa shape index (κ1) is 17.3. The number of benzene rings is 2. The predicted molar refractivity (Wildman–Crippen MR) is 92.0 cm³/mol. The van der Waals surface area contributed by atoms with Crippen LogP contribution >= 0.6 is 22.6 Å². The van der Waals surface area contributed by atoms with Gasteiger partial charge in [-0.3, -0.25) is 4.79 Å². The highest BCUT2D eigenvalue weighted by atomic mass is 127. The first-order valence-corrected chi connectivity index (χ1v) is 9.32. The molecule has 2 aromatic rings. The maximum Gasteiger partial charge on any atom is 0.313 e. The van der Waals surface area contributed by atoms with Gasteiger partial charge in [-0.15, -0.1) is 0 Å². The smallest absolute Gasteiger partial charge is 0.313 e. The zero-order valence-corrected chi connectivity index (χ0v) is 14.5. The second kappa shape index (κ2) is 7.01. The monoisotopic (exact) mass is 434 g/mol. The van der Waals surface area contributed by atoms with Crippen LogP contribution in [0.1, 0.15) is 5.56 Å². The molecule has 8 heteroatoms. The number of nitrogens with two attached hydrogens (primary N) is 2. The van der Waals surface area contributed by atoms with E-state index in [1.807, 2.05) is 28.7 Å². The van der Waals surface area contributed by atoms with Crippen molar-refractivity contribution in [2.24, 2.45) is 11.6 Å². The van der Waals surface area contributed by atoms with Crippen LogP contribution < -0.4 is 11.6 Å². The maximum absolute atomic E-state index is 11.9. The number of Topliss-reactive ketones (excluding diaryl/α,β-unsaturated/α-hetero) is 1. The highest BCUT2D eigenvalue weighted by molar-refractivity contribution is 14.1. The lowest BCUT2D eigenvalue weighted by Gasteiger charge is -2.13. The van der Waals surface area contributed by atoms with Crippen molar-refractivity contribution >= 4 is 49.3 Å². The third kappa shape index (κ3) is 3.46. The van der Waals surface area contributed by atoms with Crippen LogP contribution in [0.5, 0.6) is 0 Å². The molecule has 0 bridgehead atoms. The minimum Gasteiger partial charge on any atom is -0.321 e. The number of rotatable bonds is 6. The molecule has 0 aliphatic rings. The Morgan fingerprint density at radius 2 is 1.82 bits per heavy atom. The third-order valence-electron chi connectivity index (χ3n) is 3.35. The standard InChI is InChI=1S/C14H15IN2O4S/c15-8-13(18)12(16)7-9-3-1-5-11-10(9)4-2-6-14(11)22(19,20)21-17/h1-6,12H,7-8,16-17H2. The Bertz CT molecular complexity index is 808. The average molecular weight is 434 g/mol. The number of hydrogen-bond acceptors (Lipinski definition) is 6. The Morgan fingerprint density at radius 1 is 1.18 bits per heavy atom. The molecule has 1 atom stereocenters. The van der Waals surface area contributed by atoms with Crippen LogP contribution in [0.4, 0.5) is 0 Å². The van der Waals surface area contributed by atoms with Gasteiger partial charge < -0.3 is 5.73 Å². The summed E-state index contributed by atoms with van der Waals surface area (Å²) in [4.78, 5) is 11.6. The summed E-state index contributed by atoms with van der Waals surface area (Å²) in [5.41, 5.74) is 6.69. The maximum atomic E-state index is 11.9. The molecule has 2 aromatic carbocycles. The van der Waals surface area contributed by atoms with E-state index < -0.39 is 16.2 Å². The van der Waals surface area contributed by atoms with Gasteiger partial charge >= 0.3 is 10.1 Å². The number of carbonyl (C=O) groups is 1. The Labute approximate surface area is 142 Å². The van der Waals surface area contributed by atoms with E-state index in [9.17, 15) is 13.2 Å². The lowest BCUT2D eigenvalue weighted by atomic mass is 9.98. The van der Waals surface area contributed by atoms with Crippen molar-refractivity contribution in [1.29, 1.82) is 0 Å². The van der Waals surface area contributed by atoms with Crippen LogP contribution in [-0.2, 0) is 25.6 Å². The van der Waals surface area contributed by atoms with Gasteiger partial charge in [0, 0.05) is 5.39 Å². The Balaban J connectivity index is 2.56. The minimum atomic E-state index is -4.01. The van der Waals surface area contributed by atoms with Gasteiger partial charge in [0.25, 0.3) is 0 Å². The van der Waals surface area contributed by atoms with Crippen molar-refractivity contribution < 1.29 is 17.5 Å². The number of ketones is 1. The number of fused-ring (bicyclic) bond motifs is 1. The highest BCUT2D eigenvalue weighted by Gasteiger charge is 2.19. The van der Waals surface area contributed by atoms with E-state index in [1.54, 1.807) is 24.3 Å². The number of halogens is 1. The Morgan fingerprint density at radius 3 is 2.45 bits per heavy atom. The first-order valence-electron chi connectivity index (χ1n) is 6.39. The molecule has 0 aliphatic heterocycles. The predicted octanol–water partition coefficient (Wildman–Crippen LogP) is 1.29. The van der Waals surface area contributed by atoms with Crippen molar-refractivity contribution in [3.05, 3.63) is 42.0 Å². The van der Waals surface area contributed by atoms with Crippen molar-refractivity contribution in [1.82, 2.24) is 0 Å². The van der Waals surface area contributed by atoms with Gasteiger partial charge in [-0.1, -0.05) is 52.9 Å². The molecular weight excluding hydrogens is 419 g/mol.